The van der Waals surface area contributed by atoms with E-state index in [1.54, 1.807) is 24.8 Å². The van der Waals surface area contributed by atoms with E-state index in [1.807, 2.05) is 36.4 Å². The molecule has 5 heteroatoms. The minimum absolute atomic E-state index is 0. The van der Waals surface area contributed by atoms with Crippen molar-refractivity contribution in [2.45, 2.75) is 0 Å². The van der Waals surface area contributed by atoms with Crippen LogP contribution in [0.1, 0.15) is 0 Å². The van der Waals surface area contributed by atoms with E-state index in [4.69, 9.17) is 0 Å². The van der Waals surface area contributed by atoms with Gasteiger partial charge in [0.2, 0.25) is 0 Å². The van der Waals surface area contributed by atoms with Gasteiger partial charge in [0.05, 0.1) is 0 Å². The van der Waals surface area contributed by atoms with Crippen LogP contribution >= 0.6 is 0 Å². The first-order chi connectivity index (χ1) is 6.00. The summed E-state index contributed by atoms with van der Waals surface area (Å²) in [6.45, 7) is 0. The second-order valence-electron chi connectivity index (χ2n) is 2.05. The SMILES string of the molecule is [Bi+2].[Cl-].[Cl-].c1ccncc1.c1ccncc1. The van der Waals surface area contributed by atoms with E-state index in [0.717, 1.165) is 0 Å². The first kappa shape index (κ1) is 20.2. The van der Waals surface area contributed by atoms with Crippen LogP contribution in [0.4, 0.5) is 0 Å². The molecule has 0 spiro atoms. The van der Waals surface area contributed by atoms with Gasteiger partial charge in [0.15, 0.2) is 0 Å². The van der Waals surface area contributed by atoms with Crippen LogP contribution in [-0.4, -0.2) is 36.2 Å². The Labute approximate surface area is 121 Å². The van der Waals surface area contributed by atoms with Gasteiger partial charge in [-0.05, 0) is 24.3 Å². The largest absolute Gasteiger partial charge is 2.00 e. The molecule has 2 aromatic heterocycles. The predicted molar refractivity (Wildman–Crippen MR) is 54.2 cm³/mol. The Kier molecular flexibility index (Phi) is 21.8. The number of aromatic nitrogens is 2. The first-order valence-corrected chi connectivity index (χ1v) is 3.70. The summed E-state index contributed by atoms with van der Waals surface area (Å²) in [6, 6.07) is 11.4. The average molecular weight is 438 g/mol. The fraction of sp³-hybridized carbons (Fsp3) is 0. The van der Waals surface area contributed by atoms with Crippen LogP contribution in [0.15, 0.2) is 61.2 Å². The third kappa shape index (κ3) is 13.8. The first-order valence-electron chi connectivity index (χ1n) is 3.70. The number of rotatable bonds is 0. The Morgan fingerprint density at radius 2 is 0.733 bits per heavy atom. The van der Waals surface area contributed by atoms with Gasteiger partial charge in [-0.3, -0.25) is 9.97 Å². The van der Waals surface area contributed by atoms with Crippen LogP contribution in [-0.2, 0) is 0 Å². The van der Waals surface area contributed by atoms with Crippen molar-refractivity contribution in [2.24, 2.45) is 0 Å². The third-order valence-corrected chi connectivity index (χ3v) is 1.13. The van der Waals surface area contributed by atoms with Crippen LogP contribution < -0.4 is 24.8 Å². The van der Waals surface area contributed by atoms with Gasteiger partial charge in [0.1, 0.15) is 0 Å². The molecule has 0 bridgehead atoms. The molecule has 0 N–H and O–H groups in total. The minimum Gasteiger partial charge on any atom is -1.00 e. The number of hydrogen-bond acceptors (Lipinski definition) is 2. The van der Waals surface area contributed by atoms with Gasteiger partial charge < -0.3 is 24.8 Å². The van der Waals surface area contributed by atoms with E-state index in [2.05, 4.69) is 9.97 Å². The van der Waals surface area contributed by atoms with Gasteiger partial charge in [-0.1, -0.05) is 12.1 Å². The Hall–Kier alpha value is -0.237. The Morgan fingerprint density at radius 3 is 0.800 bits per heavy atom. The molecule has 0 aromatic carbocycles. The summed E-state index contributed by atoms with van der Waals surface area (Å²) in [5, 5.41) is 0. The molecule has 2 heterocycles. The number of halogens is 2. The van der Waals surface area contributed by atoms with Crippen LogP contribution in [0.5, 0.6) is 0 Å². The number of nitrogens with zero attached hydrogens (tertiary/aromatic N) is 2. The summed E-state index contributed by atoms with van der Waals surface area (Å²) < 4.78 is 0. The van der Waals surface area contributed by atoms with Gasteiger partial charge >= 0.3 is 26.2 Å². The molecule has 0 fully saturated rings. The van der Waals surface area contributed by atoms with Crippen molar-refractivity contribution in [3.63, 3.8) is 0 Å². The summed E-state index contributed by atoms with van der Waals surface area (Å²) >= 11 is 0. The van der Waals surface area contributed by atoms with Gasteiger partial charge in [-0.15, -0.1) is 0 Å². The second kappa shape index (κ2) is 16.2. The average Bonchev–Trinajstić information content (AvgIpc) is 2.24. The Morgan fingerprint density at radius 1 is 0.467 bits per heavy atom. The van der Waals surface area contributed by atoms with Crippen molar-refractivity contribution in [2.75, 3.05) is 0 Å². The van der Waals surface area contributed by atoms with E-state index in [9.17, 15) is 0 Å². The van der Waals surface area contributed by atoms with Gasteiger partial charge in [-0.2, -0.15) is 0 Å². The summed E-state index contributed by atoms with van der Waals surface area (Å²) in [7, 11) is 0. The third-order valence-electron chi connectivity index (χ3n) is 1.13. The topological polar surface area (TPSA) is 25.8 Å². The molecule has 3 radical (unpaired) electrons. The van der Waals surface area contributed by atoms with E-state index >= 15 is 0 Å². The molecule has 0 aliphatic rings. The van der Waals surface area contributed by atoms with Crippen LogP contribution in [0.3, 0.4) is 0 Å². The zero-order valence-corrected chi connectivity index (χ0v) is 12.9. The molecular formula is C10H10BiCl2N2. The molecule has 79 valence electrons. The van der Waals surface area contributed by atoms with E-state index in [0.29, 0.717) is 0 Å². The molecule has 0 atom stereocenters. The fourth-order valence-corrected chi connectivity index (χ4v) is 0.625. The van der Waals surface area contributed by atoms with E-state index in [1.165, 1.54) is 0 Å². The zero-order chi connectivity index (χ0) is 8.49. The molecule has 2 nitrogen and oxygen atoms in total. The molecule has 2 aromatic rings. The Bertz CT molecular complexity index is 197. The quantitative estimate of drug-likeness (QED) is 0.390. The standard InChI is InChI=1S/2C5H5N.Bi.2ClH/c2*1-2-4-6-5-3-1;;;/h2*1-5H;;2*1H/q;;+2;;/p-2. The molecule has 15 heavy (non-hydrogen) atoms. The monoisotopic (exact) mass is 437 g/mol. The van der Waals surface area contributed by atoms with Crippen molar-refractivity contribution in [3.05, 3.63) is 61.2 Å². The van der Waals surface area contributed by atoms with Crippen molar-refractivity contribution in [3.8, 4) is 0 Å². The van der Waals surface area contributed by atoms with E-state index in [-0.39, 0.29) is 51.0 Å². The summed E-state index contributed by atoms with van der Waals surface area (Å²) in [6.07, 6.45) is 7.00. The number of hydrogen-bond donors (Lipinski definition) is 0. The van der Waals surface area contributed by atoms with Crippen LogP contribution in [0.25, 0.3) is 0 Å². The zero-order valence-electron chi connectivity index (χ0n) is 7.87. The van der Waals surface area contributed by atoms with E-state index < -0.39 is 0 Å². The van der Waals surface area contributed by atoms with Gasteiger partial charge in [-0.25, -0.2) is 0 Å². The summed E-state index contributed by atoms with van der Waals surface area (Å²) in [4.78, 5) is 7.57. The van der Waals surface area contributed by atoms with Crippen molar-refractivity contribution < 1.29 is 24.8 Å². The van der Waals surface area contributed by atoms with Gasteiger partial charge in [0, 0.05) is 24.8 Å². The summed E-state index contributed by atoms with van der Waals surface area (Å²) in [5.74, 6) is 0. The maximum Gasteiger partial charge on any atom is 2.00 e. The molecule has 0 aliphatic heterocycles. The summed E-state index contributed by atoms with van der Waals surface area (Å²) in [5.41, 5.74) is 0. The Balaban J connectivity index is -0.000000160. The van der Waals surface area contributed by atoms with Crippen molar-refractivity contribution in [1.82, 2.24) is 9.97 Å². The molecule has 0 saturated carbocycles. The molecule has 0 unspecified atom stereocenters. The molecule has 2 rings (SSSR count). The molecule has 0 saturated heterocycles. The normalized spacial score (nSPS) is 6.40. The predicted octanol–water partition coefficient (Wildman–Crippen LogP) is -4.21. The number of pyridine rings is 2. The molecule has 0 amide bonds. The smallest absolute Gasteiger partial charge is 1.00 e. The maximum absolute atomic E-state index is 3.78. The van der Waals surface area contributed by atoms with Crippen LogP contribution in [0, 0.1) is 0 Å². The molecular weight excluding hydrogens is 428 g/mol. The molecule has 0 aliphatic carbocycles. The second-order valence-corrected chi connectivity index (χ2v) is 2.05. The maximum atomic E-state index is 3.78. The van der Waals surface area contributed by atoms with Crippen LogP contribution in [0.2, 0.25) is 0 Å². The minimum atomic E-state index is 0. The fourth-order valence-electron chi connectivity index (χ4n) is 0.625. The van der Waals surface area contributed by atoms with Crippen molar-refractivity contribution >= 4 is 26.2 Å². The van der Waals surface area contributed by atoms with Crippen molar-refractivity contribution in [1.29, 1.82) is 0 Å². The van der Waals surface area contributed by atoms with Gasteiger partial charge in [0.25, 0.3) is 0 Å².